The van der Waals surface area contributed by atoms with E-state index in [4.69, 9.17) is 15.0 Å². The van der Waals surface area contributed by atoms with E-state index in [2.05, 4.69) is 114 Å². The van der Waals surface area contributed by atoms with Gasteiger partial charge in [0.15, 0.2) is 17.5 Å². The molecule has 0 N–H and O–H groups in total. The average Bonchev–Trinajstić information content (AvgIpc) is 3.93. The number of rotatable bonds is 7. The number of aromatic nitrogens is 4. The Hall–Kier alpha value is -9.01. The SMILES string of the molecule is N#Cc1ccccc1-c1ccc2c(c1)c1cc(-c3ccccc3C#N)ccc1n2-c1ccc(-c2ccc3c(c2)sc2ccccc23)cc1-c1nc(-c2ccccc2)nc(-c2ccccc2)n1. The summed E-state index contributed by atoms with van der Waals surface area (Å²) in [6, 6.07) is 75.1. The van der Waals surface area contributed by atoms with Gasteiger partial charge < -0.3 is 4.57 Å². The zero-order valence-corrected chi connectivity index (χ0v) is 36.0. The Morgan fingerprint density at radius 3 is 1.44 bits per heavy atom. The fourth-order valence-corrected chi connectivity index (χ4v) is 10.4. The Balaban J connectivity index is 1.15. The summed E-state index contributed by atoms with van der Waals surface area (Å²) in [5.74, 6) is 1.69. The van der Waals surface area contributed by atoms with Gasteiger partial charge in [-0.15, -0.1) is 11.3 Å². The summed E-state index contributed by atoms with van der Waals surface area (Å²) < 4.78 is 4.78. The van der Waals surface area contributed by atoms with Crippen molar-refractivity contribution >= 4 is 53.3 Å². The van der Waals surface area contributed by atoms with Crippen molar-refractivity contribution < 1.29 is 0 Å². The minimum Gasteiger partial charge on any atom is -0.308 e. The molecule has 0 aliphatic carbocycles. The number of hydrogen-bond acceptors (Lipinski definition) is 6. The molecule has 9 aromatic carbocycles. The standard InChI is InChI=1S/C59H34N6S/c60-35-43-17-7-9-19-45(43)41-25-29-52-49(32-41)50-33-42(46-20-10-8-18-44(46)36-61)26-30-53(50)65(52)54-28-24-39(40-23-27-48-47-21-11-12-22-55(47)66-56(48)34-40)31-51(54)59-63-57(37-13-3-1-4-14-37)62-58(64-59)38-15-5-2-6-16-38/h1-34H. The Bertz CT molecular complexity index is 3790. The van der Waals surface area contributed by atoms with E-state index >= 15 is 0 Å². The molecule has 66 heavy (non-hydrogen) atoms. The van der Waals surface area contributed by atoms with Crippen molar-refractivity contribution in [2.75, 3.05) is 0 Å². The minimum absolute atomic E-state index is 0.539. The van der Waals surface area contributed by atoms with Crippen LogP contribution in [-0.2, 0) is 0 Å². The highest BCUT2D eigenvalue weighted by molar-refractivity contribution is 7.25. The Labute approximate surface area is 384 Å². The van der Waals surface area contributed by atoms with Gasteiger partial charge in [0.25, 0.3) is 0 Å². The first kappa shape index (κ1) is 38.6. The van der Waals surface area contributed by atoms with Gasteiger partial charge in [-0.05, 0) is 94.0 Å². The summed E-state index contributed by atoms with van der Waals surface area (Å²) in [4.78, 5) is 15.6. The summed E-state index contributed by atoms with van der Waals surface area (Å²) in [5, 5.41) is 24.8. The lowest BCUT2D eigenvalue weighted by Crippen LogP contribution is -2.04. The lowest BCUT2D eigenvalue weighted by molar-refractivity contribution is 1.06. The Kier molecular flexibility index (Phi) is 9.35. The van der Waals surface area contributed by atoms with Gasteiger partial charge in [0.2, 0.25) is 0 Å². The molecule has 0 saturated carbocycles. The predicted molar refractivity (Wildman–Crippen MR) is 269 cm³/mol. The van der Waals surface area contributed by atoms with Crippen LogP contribution in [0.2, 0.25) is 0 Å². The highest BCUT2D eigenvalue weighted by atomic mass is 32.1. The van der Waals surface area contributed by atoms with E-state index in [1.165, 1.54) is 20.2 Å². The van der Waals surface area contributed by atoms with Crippen LogP contribution in [0.25, 0.3) is 115 Å². The molecule has 0 radical (unpaired) electrons. The lowest BCUT2D eigenvalue weighted by Gasteiger charge is -2.17. The second kappa shape index (κ2) is 16.0. The van der Waals surface area contributed by atoms with Gasteiger partial charge >= 0.3 is 0 Å². The van der Waals surface area contributed by atoms with E-state index in [1.54, 1.807) is 11.3 Å². The summed E-state index contributed by atoms with van der Waals surface area (Å²) in [5.41, 5.74) is 12.4. The van der Waals surface area contributed by atoms with Gasteiger partial charge in [-0.1, -0.05) is 146 Å². The molecule has 0 unspecified atom stereocenters. The van der Waals surface area contributed by atoms with Crippen LogP contribution in [0.5, 0.6) is 0 Å². The summed E-state index contributed by atoms with van der Waals surface area (Å²) in [6.07, 6.45) is 0. The Morgan fingerprint density at radius 2 is 0.833 bits per heavy atom. The lowest BCUT2D eigenvalue weighted by atomic mass is 9.96. The van der Waals surface area contributed by atoms with E-state index < -0.39 is 0 Å². The molecule has 3 heterocycles. The summed E-state index contributed by atoms with van der Waals surface area (Å²) in [7, 11) is 0. The molecule has 0 aliphatic rings. The number of nitriles is 2. The van der Waals surface area contributed by atoms with Gasteiger partial charge in [-0.25, -0.2) is 15.0 Å². The van der Waals surface area contributed by atoms with Crippen LogP contribution in [0.4, 0.5) is 0 Å². The van der Waals surface area contributed by atoms with Crippen LogP contribution in [0.3, 0.4) is 0 Å². The Morgan fingerprint density at radius 1 is 0.348 bits per heavy atom. The monoisotopic (exact) mass is 858 g/mol. The molecule has 6 nitrogen and oxygen atoms in total. The van der Waals surface area contributed by atoms with Crippen LogP contribution in [0.1, 0.15) is 11.1 Å². The van der Waals surface area contributed by atoms with Gasteiger partial charge in [0.05, 0.1) is 40.0 Å². The van der Waals surface area contributed by atoms with Crippen molar-refractivity contribution in [2.45, 2.75) is 0 Å². The molecule has 12 aromatic rings. The van der Waals surface area contributed by atoms with E-state index in [9.17, 15) is 10.5 Å². The quantitative estimate of drug-likeness (QED) is 0.159. The number of hydrogen-bond donors (Lipinski definition) is 0. The van der Waals surface area contributed by atoms with Crippen molar-refractivity contribution in [2.24, 2.45) is 0 Å². The molecule has 0 fully saturated rings. The fourth-order valence-electron chi connectivity index (χ4n) is 9.21. The van der Waals surface area contributed by atoms with Crippen molar-refractivity contribution in [3.63, 3.8) is 0 Å². The van der Waals surface area contributed by atoms with Gasteiger partial charge in [-0.3, -0.25) is 0 Å². The molecule has 0 amide bonds. The van der Waals surface area contributed by atoms with Crippen LogP contribution in [0.15, 0.2) is 206 Å². The van der Waals surface area contributed by atoms with Crippen molar-refractivity contribution in [3.05, 3.63) is 217 Å². The molecular weight excluding hydrogens is 825 g/mol. The van der Waals surface area contributed by atoms with E-state index in [1.807, 2.05) is 109 Å². The van der Waals surface area contributed by atoms with E-state index in [-0.39, 0.29) is 0 Å². The molecule has 0 atom stereocenters. The highest BCUT2D eigenvalue weighted by Gasteiger charge is 2.22. The fraction of sp³-hybridized carbons (Fsp3) is 0. The van der Waals surface area contributed by atoms with Crippen molar-refractivity contribution in [3.8, 4) is 85.4 Å². The van der Waals surface area contributed by atoms with Crippen LogP contribution < -0.4 is 0 Å². The zero-order chi connectivity index (χ0) is 44.1. The van der Waals surface area contributed by atoms with E-state index in [0.717, 1.165) is 77.6 Å². The number of fused-ring (bicyclic) bond motifs is 6. The molecule has 3 aromatic heterocycles. The summed E-state index contributed by atoms with van der Waals surface area (Å²) >= 11 is 1.80. The first-order valence-corrected chi connectivity index (χ1v) is 22.4. The minimum atomic E-state index is 0.539. The maximum atomic E-state index is 10.1. The topological polar surface area (TPSA) is 91.2 Å². The largest absolute Gasteiger partial charge is 0.308 e. The smallest absolute Gasteiger partial charge is 0.166 e. The summed E-state index contributed by atoms with van der Waals surface area (Å²) in [6.45, 7) is 0. The molecule has 306 valence electrons. The van der Waals surface area contributed by atoms with Crippen LogP contribution >= 0.6 is 11.3 Å². The molecule has 0 bridgehead atoms. The third kappa shape index (κ3) is 6.59. The van der Waals surface area contributed by atoms with Crippen molar-refractivity contribution in [1.29, 1.82) is 10.5 Å². The third-order valence-corrected chi connectivity index (χ3v) is 13.5. The first-order valence-electron chi connectivity index (χ1n) is 21.6. The molecule has 0 spiro atoms. The average molecular weight is 859 g/mol. The predicted octanol–water partition coefficient (Wildman–Crippen LogP) is 15.1. The molecule has 12 rings (SSSR count). The van der Waals surface area contributed by atoms with Crippen molar-refractivity contribution in [1.82, 2.24) is 19.5 Å². The second-order valence-electron chi connectivity index (χ2n) is 16.2. The van der Waals surface area contributed by atoms with E-state index in [0.29, 0.717) is 28.6 Å². The maximum Gasteiger partial charge on any atom is 0.166 e. The third-order valence-electron chi connectivity index (χ3n) is 12.4. The van der Waals surface area contributed by atoms with Gasteiger partial charge in [0.1, 0.15) is 0 Å². The second-order valence-corrected chi connectivity index (χ2v) is 17.3. The molecule has 0 aliphatic heterocycles. The number of nitrogens with zero attached hydrogens (tertiary/aromatic N) is 6. The van der Waals surface area contributed by atoms with Crippen LogP contribution in [0, 0.1) is 22.7 Å². The first-order chi connectivity index (χ1) is 32.6. The zero-order valence-electron chi connectivity index (χ0n) is 35.2. The normalized spacial score (nSPS) is 11.3. The highest BCUT2D eigenvalue weighted by Crippen LogP contribution is 2.43. The number of thiophene rings is 1. The van der Waals surface area contributed by atoms with Gasteiger partial charge in [0, 0.05) is 47.6 Å². The molecule has 0 saturated heterocycles. The number of benzene rings is 9. The van der Waals surface area contributed by atoms with Crippen LogP contribution in [-0.4, -0.2) is 19.5 Å². The molecular formula is C59H34N6S. The molecule has 7 heteroatoms. The maximum absolute atomic E-state index is 10.1. The van der Waals surface area contributed by atoms with Gasteiger partial charge in [-0.2, -0.15) is 10.5 Å².